The van der Waals surface area contributed by atoms with E-state index in [2.05, 4.69) is 0 Å². The van der Waals surface area contributed by atoms with Crippen LogP contribution in [0.1, 0.15) is 48.8 Å². The summed E-state index contributed by atoms with van der Waals surface area (Å²) < 4.78 is 27.4. The van der Waals surface area contributed by atoms with Crippen LogP contribution in [0.15, 0.2) is 17.0 Å². The highest BCUT2D eigenvalue weighted by atomic mass is 32.2. The third kappa shape index (κ3) is 2.91. The molecule has 0 unspecified atom stereocenters. The Hall–Kier alpha value is -0.870. The molecule has 0 amide bonds. The predicted molar refractivity (Wildman–Crippen MR) is 82.5 cm³/mol. The molecule has 0 atom stereocenters. The fourth-order valence-electron chi connectivity index (χ4n) is 3.36. The summed E-state index contributed by atoms with van der Waals surface area (Å²) in [5.74, 6) is 0. The van der Waals surface area contributed by atoms with E-state index < -0.39 is 10.0 Å². The van der Waals surface area contributed by atoms with Crippen molar-refractivity contribution in [2.45, 2.75) is 63.8 Å². The highest BCUT2D eigenvalue weighted by Crippen LogP contribution is 2.29. The van der Waals surface area contributed by atoms with E-state index in [1.54, 1.807) is 11.4 Å². The van der Waals surface area contributed by atoms with Gasteiger partial charge < -0.3 is 0 Å². The van der Waals surface area contributed by atoms with Crippen molar-refractivity contribution in [3.05, 3.63) is 28.8 Å². The van der Waals surface area contributed by atoms with E-state index in [1.165, 1.54) is 6.42 Å². The first kappa shape index (κ1) is 15.5. The van der Waals surface area contributed by atoms with E-state index in [0.717, 1.165) is 42.4 Å². The van der Waals surface area contributed by atoms with Gasteiger partial charge in [0.05, 0.1) is 4.90 Å². The van der Waals surface area contributed by atoms with Crippen LogP contribution in [0.4, 0.5) is 0 Å². The van der Waals surface area contributed by atoms with Gasteiger partial charge in [-0.3, -0.25) is 0 Å². The minimum atomic E-state index is -3.38. The molecule has 0 aliphatic heterocycles. The highest BCUT2D eigenvalue weighted by Gasteiger charge is 2.31. The molecule has 1 aliphatic rings. The molecule has 20 heavy (non-hydrogen) atoms. The van der Waals surface area contributed by atoms with E-state index in [1.807, 2.05) is 32.9 Å². The Kier molecular flexibility index (Phi) is 4.55. The van der Waals surface area contributed by atoms with Crippen molar-refractivity contribution in [2.24, 2.45) is 0 Å². The molecular weight excluding hydrogens is 270 g/mol. The van der Waals surface area contributed by atoms with Gasteiger partial charge in [-0.1, -0.05) is 37.0 Å². The average Bonchev–Trinajstić information content (AvgIpc) is 2.37. The van der Waals surface area contributed by atoms with Crippen LogP contribution in [-0.4, -0.2) is 25.8 Å². The van der Waals surface area contributed by atoms with E-state index in [4.69, 9.17) is 0 Å². The van der Waals surface area contributed by atoms with Crippen molar-refractivity contribution < 1.29 is 8.42 Å². The fraction of sp³-hybridized carbons (Fsp3) is 0.625. The molecular formula is C16H25NO2S. The molecule has 0 N–H and O–H groups in total. The zero-order valence-electron chi connectivity index (χ0n) is 12.9. The molecule has 4 heteroatoms. The molecule has 0 bridgehead atoms. The molecule has 1 fully saturated rings. The zero-order valence-corrected chi connectivity index (χ0v) is 13.8. The van der Waals surface area contributed by atoms with Gasteiger partial charge in [0.25, 0.3) is 0 Å². The molecule has 0 heterocycles. The molecule has 2 rings (SSSR count). The van der Waals surface area contributed by atoms with Crippen molar-refractivity contribution in [1.82, 2.24) is 4.31 Å². The van der Waals surface area contributed by atoms with Gasteiger partial charge >= 0.3 is 0 Å². The first-order valence-corrected chi connectivity index (χ1v) is 8.84. The zero-order chi connectivity index (χ0) is 14.9. The number of hydrogen-bond donors (Lipinski definition) is 0. The molecule has 1 saturated carbocycles. The van der Waals surface area contributed by atoms with Gasteiger partial charge in [0.1, 0.15) is 0 Å². The van der Waals surface area contributed by atoms with Crippen LogP contribution in [0.2, 0.25) is 0 Å². The Morgan fingerprint density at radius 3 is 2.00 bits per heavy atom. The predicted octanol–water partition coefficient (Wildman–Crippen LogP) is 3.57. The lowest BCUT2D eigenvalue weighted by atomic mass is 9.96. The Labute approximate surface area is 123 Å². The lowest BCUT2D eigenvalue weighted by Gasteiger charge is -2.31. The number of benzene rings is 1. The molecule has 112 valence electrons. The summed E-state index contributed by atoms with van der Waals surface area (Å²) in [5.41, 5.74) is 2.81. The first-order chi connectivity index (χ1) is 9.34. The third-order valence-corrected chi connectivity index (χ3v) is 6.55. The summed E-state index contributed by atoms with van der Waals surface area (Å²) in [5, 5.41) is 0. The van der Waals surface area contributed by atoms with Gasteiger partial charge in [0.15, 0.2) is 0 Å². The number of hydrogen-bond acceptors (Lipinski definition) is 2. The van der Waals surface area contributed by atoms with Crippen molar-refractivity contribution in [3.63, 3.8) is 0 Å². The van der Waals surface area contributed by atoms with Crippen LogP contribution in [0.3, 0.4) is 0 Å². The molecule has 1 aromatic rings. The minimum absolute atomic E-state index is 0.161. The summed E-state index contributed by atoms with van der Waals surface area (Å²) in [6, 6.07) is 4.07. The van der Waals surface area contributed by atoms with Crippen molar-refractivity contribution in [1.29, 1.82) is 0 Å². The van der Waals surface area contributed by atoms with E-state index >= 15 is 0 Å². The summed E-state index contributed by atoms with van der Waals surface area (Å²) in [6.07, 6.45) is 5.47. The van der Waals surface area contributed by atoms with Crippen LogP contribution < -0.4 is 0 Å². The standard InChI is InChI=1S/C16H25NO2S/c1-12-10-13(2)16(14(3)11-12)20(18,19)17(4)15-8-6-5-7-9-15/h10-11,15H,5-9H2,1-4H3. The van der Waals surface area contributed by atoms with Crippen LogP contribution in [0.5, 0.6) is 0 Å². The SMILES string of the molecule is Cc1cc(C)c(S(=O)(=O)N(C)C2CCCCC2)c(C)c1. The van der Waals surface area contributed by atoms with E-state index in [9.17, 15) is 8.42 Å². The summed E-state index contributed by atoms with van der Waals surface area (Å²) in [7, 11) is -1.64. The molecule has 0 radical (unpaired) electrons. The fourth-order valence-corrected chi connectivity index (χ4v) is 5.18. The van der Waals surface area contributed by atoms with Crippen LogP contribution in [-0.2, 0) is 10.0 Å². The van der Waals surface area contributed by atoms with Crippen molar-refractivity contribution in [3.8, 4) is 0 Å². The Morgan fingerprint density at radius 1 is 1.00 bits per heavy atom. The molecule has 0 saturated heterocycles. The van der Waals surface area contributed by atoms with Gasteiger partial charge in [-0.05, 0) is 44.7 Å². The van der Waals surface area contributed by atoms with Gasteiger partial charge in [0.2, 0.25) is 10.0 Å². The van der Waals surface area contributed by atoms with Crippen molar-refractivity contribution in [2.75, 3.05) is 7.05 Å². The lowest BCUT2D eigenvalue weighted by Crippen LogP contribution is -2.38. The maximum Gasteiger partial charge on any atom is 0.243 e. The average molecular weight is 295 g/mol. The summed E-state index contributed by atoms with van der Waals surface area (Å²) in [6.45, 7) is 5.78. The first-order valence-electron chi connectivity index (χ1n) is 7.40. The Bertz CT molecular complexity index is 563. The minimum Gasteiger partial charge on any atom is -0.207 e. The van der Waals surface area contributed by atoms with Crippen LogP contribution in [0.25, 0.3) is 0 Å². The topological polar surface area (TPSA) is 37.4 Å². The quantitative estimate of drug-likeness (QED) is 0.855. The van der Waals surface area contributed by atoms with Gasteiger partial charge in [-0.25, -0.2) is 8.42 Å². The smallest absolute Gasteiger partial charge is 0.207 e. The summed E-state index contributed by atoms with van der Waals surface area (Å²) in [4.78, 5) is 0.496. The number of nitrogens with zero attached hydrogens (tertiary/aromatic N) is 1. The maximum absolute atomic E-state index is 12.9. The van der Waals surface area contributed by atoms with E-state index in [0.29, 0.717) is 4.90 Å². The molecule has 0 spiro atoms. The maximum atomic E-state index is 12.9. The highest BCUT2D eigenvalue weighted by molar-refractivity contribution is 7.89. The number of rotatable bonds is 3. The molecule has 0 aromatic heterocycles. The van der Waals surface area contributed by atoms with Gasteiger partial charge in [-0.2, -0.15) is 4.31 Å². The third-order valence-electron chi connectivity index (χ3n) is 4.33. The largest absolute Gasteiger partial charge is 0.243 e. The van der Waals surface area contributed by atoms with Crippen LogP contribution in [0, 0.1) is 20.8 Å². The Morgan fingerprint density at radius 2 is 1.50 bits per heavy atom. The molecule has 1 aromatic carbocycles. The molecule has 1 aliphatic carbocycles. The van der Waals surface area contributed by atoms with Crippen LogP contribution >= 0.6 is 0 Å². The molecule has 3 nitrogen and oxygen atoms in total. The number of sulfonamides is 1. The Balaban J connectivity index is 2.39. The lowest BCUT2D eigenvalue weighted by molar-refractivity contribution is 0.285. The van der Waals surface area contributed by atoms with E-state index in [-0.39, 0.29) is 6.04 Å². The summed E-state index contributed by atoms with van der Waals surface area (Å²) >= 11 is 0. The number of aryl methyl sites for hydroxylation is 3. The normalized spacial score (nSPS) is 17.6. The second kappa shape index (κ2) is 5.86. The van der Waals surface area contributed by atoms with Gasteiger partial charge in [0, 0.05) is 13.1 Å². The van der Waals surface area contributed by atoms with Crippen molar-refractivity contribution >= 4 is 10.0 Å². The second-order valence-electron chi connectivity index (χ2n) is 6.04. The monoisotopic (exact) mass is 295 g/mol. The van der Waals surface area contributed by atoms with Gasteiger partial charge in [-0.15, -0.1) is 0 Å². The second-order valence-corrected chi connectivity index (χ2v) is 7.98.